The molecule has 0 bridgehead atoms. The SMILES string of the molecule is C[C@]12CCC(=O)N1[C@@H](C(=O)NCC(=O)NC1CCCCC1)CS2. The molecular formula is C16H25N3O3S. The molecule has 0 unspecified atom stereocenters. The molecule has 3 rings (SSSR count). The topological polar surface area (TPSA) is 78.5 Å². The molecule has 1 aliphatic carbocycles. The van der Waals surface area contributed by atoms with Crippen molar-refractivity contribution in [2.45, 2.75) is 68.8 Å². The third kappa shape index (κ3) is 3.49. The van der Waals surface area contributed by atoms with Crippen LogP contribution in [-0.2, 0) is 14.4 Å². The summed E-state index contributed by atoms with van der Waals surface area (Å²) < 4.78 is 0. The van der Waals surface area contributed by atoms with Gasteiger partial charge in [-0.05, 0) is 26.2 Å². The van der Waals surface area contributed by atoms with E-state index in [4.69, 9.17) is 0 Å². The number of carbonyl (C=O) groups is 3. The third-order valence-electron chi connectivity index (χ3n) is 5.14. The molecule has 1 saturated carbocycles. The fourth-order valence-corrected chi connectivity index (χ4v) is 5.26. The minimum Gasteiger partial charge on any atom is -0.352 e. The van der Waals surface area contributed by atoms with Gasteiger partial charge in [0.1, 0.15) is 6.04 Å². The van der Waals surface area contributed by atoms with Gasteiger partial charge in [-0.1, -0.05) is 19.3 Å². The first-order chi connectivity index (χ1) is 11.0. The molecule has 2 aliphatic heterocycles. The Kier molecular flexibility index (Phi) is 4.85. The number of amides is 3. The fourth-order valence-electron chi connectivity index (χ4n) is 3.83. The zero-order valence-electron chi connectivity index (χ0n) is 13.6. The number of fused-ring (bicyclic) bond motifs is 1. The molecular weight excluding hydrogens is 314 g/mol. The highest BCUT2D eigenvalue weighted by Gasteiger charge is 2.52. The first-order valence-corrected chi connectivity index (χ1v) is 9.51. The lowest BCUT2D eigenvalue weighted by molar-refractivity contribution is -0.138. The molecule has 3 amide bonds. The predicted octanol–water partition coefficient (Wildman–Crippen LogP) is 1.01. The van der Waals surface area contributed by atoms with E-state index in [-0.39, 0.29) is 35.2 Å². The predicted molar refractivity (Wildman–Crippen MR) is 88.8 cm³/mol. The van der Waals surface area contributed by atoms with Crippen molar-refractivity contribution in [3.63, 3.8) is 0 Å². The monoisotopic (exact) mass is 339 g/mol. The maximum atomic E-state index is 12.4. The first-order valence-electron chi connectivity index (χ1n) is 8.53. The number of nitrogens with one attached hydrogen (secondary N) is 2. The van der Waals surface area contributed by atoms with Crippen LogP contribution in [0.1, 0.15) is 51.9 Å². The second kappa shape index (κ2) is 6.71. The van der Waals surface area contributed by atoms with Gasteiger partial charge in [0.15, 0.2) is 0 Å². The molecule has 0 aromatic carbocycles. The lowest BCUT2D eigenvalue weighted by atomic mass is 9.95. The number of nitrogens with zero attached hydrogens (tertiary/aromatic N) is 1. The van der Waals surface area contributed by atoms with Crippen molar-refractivity contribution in [2.24, 2.45) is 0 Å². The maximum Gasteiger partial charge on any atom is 0.244 e. The average molecular weight is 339 g/mol. The highest BCUT2D eigenvalue weighted by atomic mass is 32.2. The van der Waals surface area contributed by atoms with Crippen molar-refractivity contribution in [2.75, 3.05) is 12.3 Å². The second-order valence-electron chi connectivity index (χ2n) is 6.89. The zero-order valence-corrected chi connectivity index (χ0v) is 14.4. The van der Waals surface area contributed by atoms with E-state index in [1.807, 2.05) is 6.92 Å². The van der Waals surface area contributed by atoms with Crippen LogP contribution in [0.5, 0.6) is 0 Å². The largest absolute Gasteiger partial charge is 0.352 e. The zero-order chi connectivity index (χ0) is 16.4. The molecule has 23 heavy (non-hydrogen) atoms. The third-order valence-corrected chi connectivity index (χ3v) is 6.65. The van der Waals surface area contributed by atoms with E-state index >= 15 is 0 Å². The molecule has 0 aromatic heterocycles. The molecule has 2 heterocycles. The van der Waals surface area contributed by atoms with Crippen LogP contribution in [0.2, 0.25) is 0 Å². The van der Waals surface area contributed by atoms with Gasteiger partial charge in [-0.2, -0.15) is 0 Å². The van der Waals surface area contributed by atoms with Gasteiger partial charge < -0.3 is 15.5 Å². The summed E-state index contributed by atoms with van der Waals surface area (Å²) in [5.41, 5.74) is 0. The molecule has 0 radical (unpaired) electrons. The van der Waals surface area contributed by atoms with Crippen molar-refractivity contribution in [1.82, 2.24) is 15.5 Å². The van der Waals surface area contributed by atoms with Crippen molar-refractivity contribution in [1.29, 1.82) is 0 Å². The van der Waals surface area contributed by atoms with Crippen LogP contribution in [0, 0.1) is 0 Å². The van der Waals surface area contributed by atoms with Crippen LogP contribution in [0.3, 0.4) is 0 Å². The standard InChI is InChI=1S/C16H25N3O3S/c1-16-8-7-14(21)19(16)12(10-23-16)15(22)17-9-13(20)18-11-5-3-2-4-6-11/h11-12H,2-10H2,1H3,(H,17,22)(H,18,20)/t12-,16+/m1/s1. The Labute approximate surface area is 141 Å². The Morgan fingerprint density at radius 1 is 1.30 bits per heavy atom. The summed E-state index contributed by atoms with van der Waals surface area (Å²) >= 11 is 1.66. The van der Waals surface area contributed by atoms with Gasteiger partial charge in [0, 0.05) is 18.2 Å². The molecule has 3 aliphatic rings. The Balaban J connectivity index is 1.47. The summed E-state index contributed by atoms with van der Waals surface area (Å²) in [6.07, 6.45) is 6.92. The van der Waals surface area contributed by atoms with Gasteiger partial charge in [0.25, 0.3) is 0 Å². The van der Waals surface area contributed by atoms with Crippen molar-refractivity contribution < 1.29 is 14.4 Å². The van der Waals surface area contributed by atoms with Crippen LogP contribution >= 0.6 is 11.8 Å². The van der Waals surface area contributed by atoms with E-state index in [1.165, 1.54) is 6.42 Å². The summed E-state index contributed by atoms with van der Waals surface area (Å²) in [6, 6.07) is -0.193. The number of carbonyl (C=O) groups excluding carboxylic acids is 3. The molecule has 128 valence electrons. The van der Waals surface area contributed by atoms with E-state index in [1.54, 1.807) is 16.7 Å². The highest BCUT2D eigenvalue weighted by Crippen LogP contribution is 2.47. The minimum atomic E-state index is -0.442. The highest BCUT2D eigenvalue weighted by molar-refractivity contribution is 8.01. The Bertz CT molecular complexity index is 507. The van der Waals surface area contributed by atoms with Gasteiger partial charge in [0.05, 0.1) is 11.4 Å². The molecule has 3 fully saturated rings. The lowest BCUT2D eigenvalue weighted by Gasteiger charge is -2.29. The van der Waals surface area contributed by atoms with Crippen LogP contribution in [-0.4, -0.2) is 51.9 Å². The summed E-state index contributed by atoms with van der Waals surface area (Å²) in [4.78, 5) is 37.8. The van der Waals surface area contributed by atoms with Crippen molar-refractivity contribution in [3.8, 4) is 0 Å². The normalized spacial score (nSPS) is 31.1. The number of hydrogen-bond acceptors (Lipinski definition) is 4. The number of thioether (sulfide) groups is 1. The summed E-state index contributed by atoms with van der Waals surface area (Å²) in [7, 11) is 0. The van der Waals surface area contributed by atoms with Gasteiger partial charge >= 0.3 is 0 Å². The van der Waals surface area contributed by atoms with E-state index in [0.29, 0.717) is 12.2 Å². The maximum absolute atomic E-state index is 12.4. The minimum absolute atomic E-state index is 0.00472. The number of hydrogen-bond donors (Lipinski definition) is 2. The molecule has 7 heteroatoms. The van der Waals surface area contributed by atoms with Gasteiger partial charge in [-0.15, -0.1) is 11.8 Å². The molecule has 2 saturated heterocycles. The summed E-state index contributed by atoms with van der Waals surface area (Å²) in [5.74, 6) is 0.309. The van der Waals surface area contributed by atoms with E-state index in [2.05, 4.69) is 10.6 Å². The van der Waals surface area contributed by atoms with Crippen LogP contribution < -0.4 is 10.6 Å². The van der Waals surface area contributed by atoms with E-state index in [9.17, 15) is 14.4 Å². The number of rotatable bonds is 4. The summed E-state index contributed by atoms with van der Waals surface area (Å²) in [6.45, 7) is 2.01. The smallest absolute Gasteiger partial charge is 0.244 e. The van der Waals surface area contributed by atoms with E-state index in [0.717, 1.165) is 32.1 Å². The Morgan fingerprint density at radius 3 is 2.78 bits per heavy atom. The molecule has 2 atom stereocenters. The Morgan fingerprint density at radius 2 is 2.04 bits per heavy atom. The fraction of sp³-hybridized carbons (Fsp3) is 0.812. The quantitative estimate of drug-likeness (QED) is 0.801. The molecule has 6 nitrogen and oxygen atoms in total. The van der Waals surface area contributed by atoms with Gasteiger partial charge in [-0.3, -0.25) is 14.4 Å². The first kappa shape index (κ1) is 16.6. The van der Waals surface area contributed by atoms with Gasteiger partial charge in [0.2, 0.25) is 17.7 Å². The van der Waals surface area contributed by atoms with Crippen LogP contribution in [0.15, 0.2) is 0 Å². The molecule has 0 spiro atoms. The average Bonchev–Trinajstić information content (AvgIpc) is 3.03. The van der Waals surface area contributed by atoms with Crippen molar-refractivity contribution in [3.05, 3.63) is 0 Å². The van der Waals surface area contributed by atoms with Crippen LogP contribution in [0.25, 0.3) is 0 Å². The van der Waals surface area contributed by atoms with Crippen LogP contribution in [0.4, 0.5) is 0 Å². The second-order valence-corrected chi connectivity index (χ2v) is 8.39. The molecule has 2 N–H and O–H groups in total. The van der Waals surface area contributed by atoms with E-state index < -0.39 is 6.04 Å². The van der Waals surface area contributed by atoms with Gasteiger partial charge in [-0.25, -0.2) is 0 Å². The molecule has 0 aromatic rings. The Hall–Kier alpha value is -1.24. The van der Waals surface area contributed by atoms with Crippen molar-refractivity contribution >= 4 is 29.5 Å². The summed E-state index contributed by atoms with van der Waals surface area (Å²) in [5, 5.41) is 5.69. The lowest BCUT2D eigenvalue weighted by Crippen LogP contribution is -2.52.